The molecule has 3 aromatic rings. The first kappa shape index (κ1) is 16.6. The second-order valence-corrected chi connectivity index (χ2v) is 5.40. The van der Waals surface area contributed by atoms with Crippen molar-refractivity contribution in [2.24, 2.45) is 0 Å². The maximum absolute atomic E-state index is 12.9. The minimum absolute atomic E-state index is 0.280. The lowest BCUT2D eigenvalue weighted by atomic mass is 10.0. The molecule has 0 fully saturated rings. The van der Waals surface area contributed by atoms with Crippen LogP contribution in [-0.4, -0.2) is 20.1 Å². The number of hydrogen-bond acceptors (Lipinski definition) is 3. The molecule has 3 aromatic carbocycles. The van der Waals surface area contributed by atoms with Crippen molar-refractivity contribution >= 4 is 11.6 Å². The van der Waals surface area contributed by atoms with Crippen molar-refractivity contribution in [3.8, 4) is 22.6 Å². The number of carbonyl (C=O) groups excluding carboxylic acids is 1. The highest BCUT2D eigenvalue weighted by Crippen LogP contribution is 2.32. The molecule has 0 unspecified atom stereocenters. The normalized spacial score (nSPS) is 10.2. The number of benzene rings is 3. The van der Waals surface area contributed by atoms with E-state index >= 15 is 0 Å². The Bertz CT molecular complexity index is 853. The number of ether oxygens (including phenoxy) is 2. The fourth-order valence-electron chi connectivity index (χ4n) is 2.72. The van der Waals surface area contributed by atoms with Crippen molar-refractivity contribution in [3.05, 3.63) is 78.4 Å². The predicted molar refractivity (Wildman–Crippen MR) is 99.4 cm³/mol. The minimum atomic E-state index is -0.280. The highest BCUT2D eigenvalue weighted by Gasteiger charge is 2.19. The summed E-state index contributed by atoms with van der Waals surface area (Å²) in [5, 5.41) is 2.98. The molecular weight excluding hydrogens is 314 g/mol. The van der Waals surface area contributed by atoms with Gasteiger partial charge in [-0.1, -0.05) is 54.6 Å². The summed E-state index contributed by atoms with van der Waals surface area (Å²) in [5.74, 6) is 0.653. The van der Waals surface area contributed by atoms with Crippen molar-refractivity contribution in [3.63, 3.8) is 0 Å². The van der Waals surface area contributed by atoms with Gasteiger partial charge in [-0.25, -0.2) is 0 Å². The molecule has 1 amide bonds. The van der Waals surface area contributed by atoms with E-state index in [9.17, 15) is 4.79 Å². The highest BCUT2D eigenvalue weighted by molar-refractivity contribution is 6.09. The van der Waals surface area contributed by atoms with E-state index in [4.69, 9.17) is 9.47 Å². The van der Waals surface area contributed by atoms with Gasteiger partial charge in [-0.2, -0.15) is 0 Å². The number of nitrogens with one attached hydrogen (secondary N) is 1. The molecular formula is C21H19NO3. The van der Waals surface area contributed by atoms with Crippen LogP contribution in [0.4, 0.5) is 5.69 Å². The molecule has 0 aliphatic carbocycles. The van der Waals surface area contributed by atoms with Gasteiger partial charge in [0.25, 0.3) is 5.91 Å². The third-order valence-corrected chi connectivity index (χ3v) is 3.91. The van der Waals surface area contributed by atoms with Crippen molar-refractivity contribution in [1.29, 1.82) is 0 Å². The Morgan fingerprint density at radius 3 is 2.00 bits per heavy atom. The van der Waals surface area contributed by atoms with Crippen molar-refractivity contribution in [1.82, 2.24) is 0 Å². The first-order valence-corrected chi connectivity index (χ1v) is 7.91. The average Bonchev–Trinajstić information content (AvgIpc) is 2.68. The summed E-state index contributed by atoms with van der Waals surface area (Å²) in [4.78, 5) is 12.9. The quantitative estimate of drug-likeness (QED) is 0.741. The van der Waals surface area contributed by atoms with Crippen LogP contribution in [0.25, 0.3) is 11.1 Å². The molecule has 126 valence electrons. The lowest BCUT2D eigenvalue weighted by Crippen LogP contribution is -2.15. The van der Waals surface area contributed by atoms with E-state index in [0.29, 0.717) is 17.1 Å². The van der Waals surface area contributed by atoms with E-state index in [0.717, 1.165) is 16.8 Å². The van der Waals surface area contributed by atoms with Crippen LogP contribution in [-0.2, 0) is 0 Å². The SMILES string of the molecule is COc1cccc(OC)c1C(=O)Nc1ccccc1-c1ccccc1. The van der Waals surface area contributed by atoms with Gasteiger partial charge in [0.2, 0.25) is 0 Å². The molecule has 1 N–H and O–H groups in total. The molecule has 0 radical (unpaired) electrons. The molecule has 0 aromatic heterocycles. The number of anilines is 1. The minimum Gasteiger partial charge on any atom is -0.496 e. The van der Waals surface area contributed by atoms with Crippen LogP contribution in [0.2, 0.25) is 0 Å². The molecule has 0 saturated carbocycles. The zero-order chi connectivity index (χ0) is 17.6. The first-order valence-electron chi connectivity index (χ1n) is 7.91. The molecule has 0 aliphatic heterocycles. The zero-order valence-corrected chi connectivity index (χ0v) is 14.2. The molecule has 0 spiro atoms. The summed E-state index contributed by atoms with van der Waals surface area (Å²) in [5.41, 5.74) is 3.08. The topological polar surface area (TPSA) is 47.6 Å². The highest BCUT2D eigenvalue weighted by atomic mass is 16.5. The van der Waals surface area contributed by atoms with E-state index < -0.39 is 0 Å². The van der Waals surface area contributed by atoms with Crippen LogP contribution in [0, 0.1) is 0 Å². The Balaban J connectivity index is 1.98. The Morgan fingerprint density at radius 1 is 0.760 bits per heavy atom. The summed E-state index contributed by atoms with van der Waals surface area (Å²) >= 11 is 0. The summed E-state index contributed by atoms with van der Waals surface area (Å²) in [6.07, 6.45) is 0. The first-order chi connectivity index (χ1) is 12.2. The zero-order valence-electron chi connectivity index (χ0n) is 14.2. The fraction of sp³-hybridized carbons (Fsp3) is 0.0952. The van der Waals surface area contributed by atoms with Crippen LogP contribution in [0.5, 0.6) is 11.5 Å². The Morgan fingerprint density at radius 2 is 1.36 bits per heavy atom. The van der Waals surface area contributed by atoms with Crippen molar-refractivity contribution in [2.45, 2.75) is 0 Å². The third kappa shape index (κ3) is 3.48. The molecule has 0 saturated heterocycles. The van der Waals surface area contributed by atoms with E-state index in [2.05, 4.69) is 5.32 Å². The molecule has 0 atom stereocenters. The summed E-state index contributed by atoms with van der Waals surface area (Å²) in [6, 6.07) is 22.9. The maximum Gasteiger partial charge on any atom is 0.263 e. The van der Waals surface area contributed by atoms with Crippen molar-refractivity contribution < 1.29 is 14.3 Å². The van der Waals surface area contributed by atoms with Crippen LogP contribution >= 0.6 is 0 Å². The number of para-hydroxylation sites is 1. The van der Waals surface area contributed by atoms with E-state index in [1.54, 1.807) is 18.2 Å². The van der Waals surface area contributed by atoms with Gasteiger partial charge in [-0.05, 0) is 23.8 Å². The number of carbonyl (C=O) groups is 1. The van der Waals surface area contributed by atoms with Gasteiger partial charge >= 0.3 is 0 Å². The smallest absolute Gasteiger partial charge is 0.263 e. The predicted octanol–water partition coefficient (Wildman–Crippen LogP) is 4.62. The molecule has 0 aliphatic rings. The fourth-order valence-corrected chi connectivity index (χ4v) is 2.72. The molecule has 0 bridgehead atoms. The summed E-state index contributed by atoms with van der Waals surface area (Å²) in [6.45, 7) is 0. The molecule has 4 nitrogen and oxygen atoms in total. The van der Waals surface area contributed by atoms with Crippen LogP contribution < -0.4 is 14.8 Å². The van der Waals surface area contributed by atoms with Gasteiger partial charge in [0.1, 0.15) is 17.1 Å². The number of rotatable bonds is 5. The maximum atomic E-state index is 12.9. The van der Waals surface area contributed by atoms with Gasteiger partial charge in [0.05, 0.1) is 14.2 Å². The second kappa shape index (κ2) is 7.53. The average molecular weight is 333 g/mol. The Hall–Kier alpha value is -3.27. The van der Waals surface area contributed by atoms with Crippen molar-refractivity contribution in [2.75, 3.05) is 19.5 Å². The van der Waals surface area contributed by atoms with E-state index in [1.165, 1.54) is 14.2 Å². The molecule has 25 heavy (non-hydrogen) atoms. The largest absolute Gasteiger partial charge is 0.496 e. The van der Waals surface area contributed by atoms with Gasteiger partial charge in [0, 0.05) is 11.3 Å². The Labute approximate surface area is 147 Å². The lowest BCUT2D eigenvalue weighted by Gasteiger charge is -2.15. The number of hydrogen-bond donors (Lipinski definition) is 1. The van der Waals surface area contributed by atoms with Gasteiger partial charge in [0.15, 0.2) is 0 Å². The molecule has 4 heteroatoms. The summed E-state index contributed by atoms with van der Waals surface area (Å²) in [7, 11) is 3.06. The van der Waals surface area contributed by atoms with Gasteiger partial charge < -0.3 is 14.8 Å². The van der Waals surface area contributed by atoms with Crippen LogP contribution in [0.1, 0.15) is 10.4 Å². The summed E-state index contributed by atoms with van der Waals surface area (Å²) < 4.78 is 10.6. The second-order valence-electron chi connectivity index (χ2n) is 5.40. The van der Waals surface area contributed by atoms with E-state index in [-0.39, 0.29) is 5.91 Å². The lowest BCUT2D eigenvalue weighted by molar-refractivity contribution is 0.102. The molecule has 3 rings (SSSR count). The Kier molecular flexibility index (Phi) is 5.00. The third-order valence-electron chi connectivity index (χ3n) is 3.91. The monoisotopic (exact) mass is 333 g/mol. The van der Waals surface area contributed by atoms with E-state index in [1.807, 2.05) is 54.6 Å². The van der Waals surface area contributed by atoms with Crippen LogP contribution in [0.3, 0.4) is 0 Å². The number of methoxy groups -OCH3 is 2. The van der Waals surface area contributed by atoms with Crippen LogP contribution in [0.15, 0.2) is 72.8 Å². The number of amides is 1. The molecule has 0 heterocycles. The van der Waals surface area contributed by atoms with Gasteiger partial charge in [-0.15, -0.1) is 0 Å². The van der Waals surface area contributed by atoms with Gasteiger partial charge in [-0.3, -0.25) is 4.79 Å². The standard InChI is InChI=1S/C21H19NO3/c1-24-18-13-8-14-19(25-2)20(18)21(23)22-17-12-7-6-11-16(17)15-9-4-3-5-10-15/h3-14H,1-2H3,(H,22,23).